The zero-order chi connectivity index (χ0) is 14.7. The lowest BCUT2D eigenvalue weighted by molar-refractivity contribution is -0.116. The quantitative estimate of drug-likeness (QED) is 0.905. The van der Waals surface area contributed by atoms with Crippen molar-refractivity contribution in [2.24, 2.45) is 0 Å². The lowest BCUT2D eigenvalue weighted by atomic mass is 10.1. The Bertz CT molecular complexity index is 634. The van der Waals surface area contributed by atoms with Crippen LogP contribution in [0.3, 0.4) is 0 Å². The summed E-state index contributed by atoms with van der Waals surface area (Å²) in [5, 5.41) is 10.2. The van der Waals surface area contributed by atoms with Gasteiger partial charge in [-0.05, 0) is 31.5 Å². The average molecular weight is 288 g/mol. The number of halogens is 1. The van der Waals surface area contributed by atoms with E-state index in [1.807, 2.05) is 0 Å². The maximum absolute atomic E-state index is 13.7. The summed E-state index contributed by atoms with van der Waals surface area (Å²) in [4.78, 5) is 11.9. The van der Waals surface area contributed by atoms with E-state index in [0.717, 1.165) is 19.4 Å². The largest absolute Gasteiger partial charge is 0.323 e. The third-order valence-corrected chi connectivity index (χ3v) is 3.56. The van der Waals surface area contributed by atoms with E-state index in [4.69, 9.17) is 0 Å². The van der Waals surface area contributed by atoms with Gasteiger partial charge in [0, 0.05) is 12.5 Å². The molecular weight excluding hydrogens is 271 g/mol. The molecule has 1 aliphatic rings. The zero-order valence-corrected chi connectivity index (χ0v) is 11.6. The van der Waals surface area contributed by atoms with Gasteiger partial charge in [-0.1, -0.05) is 12.1 Å². The zero-order valence-electron chi connectivity index (χ0n) is 11.6. The van der Waals surface area contributed by atoms with Gasteiger partial charge in [0.2, 0.25) is 5.91 Å². The molecule has 0 spiro atoms. The Morgan fingerprint density at radius 2 is 2.33 bits per heavy atom. The molecule has 6 heteroatoms. The number of nitrogens with zero attached hydrogens (tertiary/aromatic N) is 2. The smallest absolute Gasteiger partial charge is 0.226 e. The molecule has 1 aromatic heterocycles. The van der Waals surface area contributed by atoms with Crippen LogP contribution in [-0.4, -0.2) is 28.3 Å². The van der Waals surface area contributed by atoms with Crippen molar-refractivity contribution < 1.29 is 9.18 Å². The summed E-state index contributed by atoms with van der Waals surface area (Å²) in [7, 11) is 0. The third kappa shape index (κ3) is 3.28. The minimum Gasteiger partial charge on any atom is -0.323 e. The first-order chi connectivity index (χ1) is 10.2. The predicted octanol–water partition coefficient (Wildman–Crippen LogP) is 2.09. The van der Waals surface area contributed by atoms with Gasteiger partial charge in [0.15, 0.2) is 0 Å². The van der Waals surface area contributed by atoms with Gasteiger partial charge in [-0.25, -0.2) is 9.07 Å². The Kier molecular flexibility index (Phi) is 3.96. The molecule has 1 saturated heterocycles. The lowest BCUT2D eigenvalue weighted by Crippen LogP contribution is -2.27. The molecule has 2 aromatic rings. The van der Waals surface area contributed by atoms with Gasteiger partial charge in [0.1, 0.15) is 11.5 Å². The summed E-state index contributed by atoms with van der Waals surface area (Å²) in [6.07, 6.45) is 5.72. The fourth-order valence-electron chi connectivity index (χ4n) is 2.52. The van der Waals surface area contributed by atoms with E-state index in [-0.39, 0.29) is 17.8 Å². The van der Waals surface area contributed by atoms with Crippen LogP contribution in [0.5, 0.6) is 0 Å². The van der Waals surface area contributed by atoms with E-state index < -0.39 is 0 Å². The summed E-state index contributed by atoms with van der Waals surface area (Å²) in [6, 6.07) is 6.63. The number of rotatable bonds is 4. The van der Waals surface area contributed by atoms with Gasteiger partial charge in [-0.3, -0.25) is 4.79 Å². The lowest BCUT2D eigenvalue weighted by Gasteiger charge is -2.09. The SMILES string of the molecule is O=C(CC1CCCN1)Nc1cnn(-c2ccccc2F)c1. The van der Waals surface area contributed by atoms with E-state index in [1.165, 1.54) is 16.9 Å². The van der Waals surface area contributed by atoms with Gasteiger partial charge in [-0.2, -0.15) is 5.10 Å². The van der Waals surface area contributed by atoms with Gasteiger partial charge >= 0.3 is 0 Å². The second-order valence-corrected chi connectivity index (χ2v) is 5.17. The van der Waals surface area contributed by atoms with Crippen molar-refractivity contribution in [2.75, 3.05) is 11.9 Å². The van der Waals surface area contributed by atoms with Crippen LogP contribution >= 0.6 is 0 Å². The Balaban J connectivity index is 1.65. The number of nitrogens with one attached hydrogen (secondary N) is 2. The van der Waals surface area contributed by atoms with Gasteiger partial charge in [0.05, 0.1) is 18.1 Å². The summed E-state index contributed by atoms with van der Waals surface area (Å²) < 4.78 is 15.1. The number of carbonyl (C=O) groups is 1. The van der Waals surface area contributed by atoms with E-state index >= 15 is 0 Å². The molecule has 0 aliphatic carbocycles. The Labute approximate surface area is 122 Å². The van der Waals surface area contributed by atoms with Crippen molar-refractivity contribution in [1.29, 1.82) is 0 Å². The van der Waals surface area contributed by atoms with Crippen LogP contribution < -0.4 is 10.6 Å². The Hall–Kier alpha value is -2.21. The van der Waals surface area contributed by atoms with Crippen LogP contribution in [0.25, 0.3) is 5.69 Å². The molecule has 1 amide bonds. The van der Waals surface area contributed by atoms with Crippen LogP contribution in [0, 0.1) is 5.82 Å². The molecule has 1 fully saturated rings. The highest BCUT2D eigenvalue weighted by Gasteiger charge is 2.18. The molecule has 1 atom stereocenters. The monoisotopic (exact) mass is 288 g/mol. The third-order valence-electron chi connectivity index (χ3n) is 3.56. The first-order valence-electron chi connectivity index (χ1n) is 7.05. The number of anilines is 1. The molecule has 1 unspecified atom stereocenters. The molecule has 21 heavy (non-hydrogen) atoms. The first kappa shape index (κ1) is 13.8. The fourth-order valence-corrected chi connectivity index (χ4v) is 2.52. The molecule has 5 nitrogen and oxygen atoms in total. The number of benzene rings is 1. The van der Waals surface area contributed by atoms with Crippen molar-refractivity contribution >= 4 is 11.6 Å². The minimum atomic E-state index is -0.353. The summed E-state index contributed by atoms with van der Waals surface area (Å²) in [6.45, 7) is 0.975. The van der Waals surface area contributed by atoms with E-state index in [0.29, 0.717) is 17.8 Å². The normalized spacial score (nSPS) is 17.9. The number of amides is 1. The predicted molar refractivity (Wildman–Crippen MR) is 77.8 cm³/mol. The molecule has 2 heterocycles. The average Bonchev–Trinajstić information content (AvgIpc) is 3.11. The standard InChI is InChI=1S/C15H17FN4O/c16-13-5-1-2-6-14(13)20-10-12(9-18-20)19-15(21)8-11-4-3-7-17-11/h1-2,5-6,9-11,17H,3-4,7-8H2,(H,19,21). The fraction of sp³-hybridized carbons (Fsp3) is 0.333. The second kappa shape index (κ2) is 6.05. The molecule has 3 rings (SSSR count). The molecule has 0 saturated carbocycles. The minimum absolute atomic E-state index is 0.0533. The summed E-state index contributed by atoms with van der Waals surface area (Å²) in [5.41, 5.74) is 0.928. The molecule has 0 radical (unpaired) electrons. The van der Waals surface area contributed by atoms with Crippen LogP contribution in [0.1, 0.15) is 19.3 Å². The number of para-hydroxylation sites is 1. The molecule has 110 valence electrons. The second-order valence-electron chi connectivity index (χ2n) is 5.17. The maximum atomic E-state index is 13.7. The number of hydrogen-bond acceptors (Lipinski definition) is 3. The van der Waals surface area contributed by atoms with Crippen molar-refractivity contribution in [1.82, 2.24) is 15.1 Å². The first-order valence-corrected chi connectivity index (χ1v) is 7.05. The molecular formula is C15H17FN4O. The maximum Gasteiger partial charge on any atom is 0.226 e. The highest BCUT2D eigenvalue weighted by Crippen LogP contribution is 2.16. The van der Waals surface area contributed by atoms with Crippen LogP contribution in [-0.2, 0) is 4.79 Å². The molecule has 1 aliphatic heterocycles. The van der Waals surface area contributed by atoms with Crippen LogP contribution in [0.15, 0.2) is 36.7 Å². The molecule has 0 bridgehead atoms. The highest BCUT2D eigenvalue weighted by atomic mass is 19.1. The van der Waals surface area contributed by atoms with Gasteiger partial charge < -0.3 is 10.6 Å². The molecule has 2 N–H and O–H groups in total. The molecule has 1 aromatic carbocycles. The van der Waals surface area contributed by atoms with Crippen molar-refractivity contribution in [3.05, 3.63) is 42.5 Å². The van der Waals surface area contributed by atoms with Crippen molar-refractivity contribution in [3.8, 4) is 5.69 Å². The van der Waals surface area contributed by atoms with E-state index in [1.54, 1.807) is 24.4 Å². The summed E-state index contributed by atoms with van der Waals surface area (Å²) >= 11 is 0. The van der Waals surface area contributed by atoms with Gasteiger partial charge in [-0.15, -0.1) is 0 Å². The number of carbonyl (C=O) groups excluding carboxylic acids is 1. The van der Waals surface area contributed by atoms with Crippen LogP contribution in [0.4, 0.5) is 10.1 Å². The topological polar surface area (TPSA) is 59.0 Å². The van der Waals surface area contributed by atoms with E-state index in [2.05, 4.69) is 15.7 Å². The van der Waals surface area contributed by atoms with Crippen molar-refractivity contribution in [2.45, 2.75) is 25.3 Å². The Morgan fingerprint density at radius 3 is 3.10 bits per heavy atom. The van der Waals surface area contributed by atoms with Crippen LogP contribution in [0.2, 0.25) is 0 Å². The highest BCUT2D eigenvalue weighted by molar-refractivity contribution is 5.90. The van der Waals surface area contributed by atoms with Gasteiger partial charge in [0.25, 0.3) is 0 Å². The van der Waals surface area contributed by atoms with Crippen molar-refractivity contribution in [3.63, 3.8) is 0 Å². The van der Waals surface area contributed by atoms with E-state index in [9.17, 15) is 9.18 Å². The summed E-state index contributed by atoms with van der Waals surface area (Å²) in [5.74, 6) is -0.406. The Morgan fingerprint density at radius 1 is 1.48 bits per heavy atom. The number of hydrogen-bond donors (Lipinski definition) is 2. The number of aromatic nitrogens is 2.